The Morgan fingerprint density at radius 3 is 2.72 bits per heavy atom. The summed E-state index contributed by atoms with van der Waals surface area (Å²) < 4.78 is 0. The van der Waals surface area contributed by atoms with Crippen LogP contribution < -0.4 is 0 Å². The highest BCUT2D eigenvalue weighted by molar-refractivity contribution is 5.29. The molecule has 0 bridgehead atoms. The maximum absolute atomic E-state index is 10.1. The minimum atomic E-state index is -0.739. The third kappa shape index (κ3) is 3.33. The van der Waals surface area contributed by atoms with Crippen LogP contribution in [0.4, 0.5) is 0 Å². The highest BCUT2D eigenvalue weighted by atomic mass is 16.3. The van der Waals surface area contributed by atoms with Gasteiger partial charge in [0.1, 0.15) is 0 Å². The van der Waals surface area contributed by atoms with Crippen LogP contribution in [-0.2, 0) is 5.60 Å². The fourth-order valence-electron chi connectivity index (χ4n) is 2.75. The first-order valence-electron chi connectivity index (χ1n) is 6.98. The molecule has 1 fully saturated rings. The lowest BCUT2D eigenvalue weighted by Crippen LogP contribution is -2.19. The highest BCUT2D eigenvalue weighted by Crippen LogP contribution is 2.30. The van der Waals surface area contributed by atoms with Gasteiger partial charge in [-0.1, -0.05) is 24.3 Å². The summed E-state index contributed by atoms with van der Waals surface area (Å²) >= 11 is 0. The molecular formula is C16H25NO. The van der Waals surface area contributed by atoms with Crippen molar-refractivity contribution in [2.45, 2.75) is 44.6 Å². The molecule has 0 spiro atoms. The van der Waals surface area contributed by atoms with Gasteiger partial charge >= 0.3 is 0 Å². The van der Waals surface area contributed by atoms with Crippen molar-refractivity contribution in [1.29, 1.82) is 0 Å². The van der Waals surface area contributed by atoms with Gasteiger partial charge in [0.05, 0.1) is 5.60 Å². The molecule has 0 saturated carbocycles. The van der Waals surface area contributed by atoms with Gasteiger partial charge in [-0.3, -0.25) is 0 Å². The van der Waals surface area contributed by atoms with Gasteiger partial charge in [-0.2, -0.15) is 0 Å². The highest BCUT2D eigenvalue weighted by Gasteiger charge is 2.20. The van der Waals surface area contributed by atoms with E-state index in [2.05, 4.69) is 30.1 Å². The fraction of sp³-hybridized carbons (Fsp3) is 0.625. The summed E-state index contributed by atoms with van der Waals surface area (Å²) in [5, 5.41) is 10.1. The first-order valence-corrected chi connectivity index (χ1v) is 6.98. The van der Waals surface area contributed by atoms with E-state index < -0.39 is 5.60 Å². The zero-order valence-electron chi connectivity index (χ0n) is 11.8. The van der Waals surface area contributed by atoms with E-state index in [0.29, 0.717) is 5.92 Å². The van der Waals surface area contributed by atoms with Crippen molar-refractivity contribution in [2.24, 2.45) is 0 Å². The lowest BCUT2D eigenvalue weighted by Gasteiger charge is -2.21. The van der Waals surface area contributed by atoms with Gasteiger partial charge in [-0.15, -0.1) is 0 Å². The first-order chi connectivity index (χ1) is 8.47. The van der Waals surface area contributed by atoms with Gasteiger partial charge in [-0.05, 0) is 70.3 Å². The van der Waals surface area contributed by atoms with Crippen LogP contribution in [0.5, 0.6) is 0 Å². The van der Waals surface area contributed by atoms with E-state index in [1.807, 2.05) is 19.9 Å². The Morgan fingerprint density at radius 1 is 1.22 bits per heavy atom. The summed E-state index contributed by atoms with van der Waals surface area (Å²) in [4.78, 5) is 2.42. The molecule has 100 valence electrons. The van der Waals surface area contributed by atoms with Gasteiger partial charge in [0.2, 0.25) is 0 Å². The lowest BCUT2D eigenvalue weighted by atomic mass is 9.88. The SMILES string of the molecule is CN1CCCC(c2cccc(C(C)(C)O)c2)CC1. The van der Waals surface area contributed by atoms with Crippen LogP contribution in [0.1, 0.15) is 50.2 Å². The molecule has 18 heavy (non-hydrogen) atoms. The Hall–Kier alpha value is -0.860. The number of hydrogen-bond acceptors (Lipinski definition) is 2. The van der Waals surface area contributed by atoms with E-state index in [1.165, 1.54) is 37.9 Å². The van der Waals surface area contributed by atoms with Crippen molar-refractivity contribution in [2.75, 3.05) is 20.1 Å². The molecule has 1 aliphatic heterocycles. The Balaban J connectivity index is 2.17. The molecular weight excluding hydrogens is 222 g/mol. The molecule has 2 nitrogen and oxygen atoms in total. The number of rotatable bonds is 2. The normalized spacial score (nSPS) is 22.8. The molecule has 0 aliphatic carbocycles. The molecule has 1 aromatic carbocycles. The van der Waals surface area contributed by atoms with Crippen molar-refractivity contribution >= 4 is 0 Å². The maximum Gasteiger partial charge on any atom is 0.0840 e. The van der Waals surface area contributed by atoms with Gasteiger partial charge in [0, 0.05) is 0 Å². The van der Waals surface area contributed by atoms with E-state index in [1.54, 1.807) is 0 Å². The number of likely N-dealkylation sites (tertiary alicyclic amines) is 1. The fourth-order valence-corrected chi connectivity index (χ4v) is 2.75. The Labute approximate surface area is 111 Å². The number of hydrogen-bond donors (Lipinski definition) is 1. The molecule has 1 unspecified atom stereocenters. The summed E-state index contributed by atoms with van der Waals surface area (Å²) in [6.45, 7) is 6.10. The summed E-state index contributed by atoms with van der Waals surface area (Å²) in [5.41, 5.74) is 1.68. The van der Waals surface area contributed by atoms with Crippen LogP contribution in [0.2, 0.25) is 0 Å². The minimum absolute atomic E-state index is 0.650. The zero-order valence-corrected chi connectivity index (χ0v) is 11.8. The monoisotopic (exact) mass is 247 g/mol. The average Bonchev–Trinajstić information content (AvgIpc) is 2.53. The smallest absolute Gasteiger partial charge is 0.0840 e. The van der Waals surface area contributed by atoms with Crippen molar-refractivity contribution in [3.8, 4) is 0 Å². The molecule has 1 saturated heterocycles. The summed E-state index contributed by atoms with van der Waals surface area (Å²) in [6.07, 6.45) is 3.76. The molecule has 0 amide bonds. The maximum atomic E-state index is 10.1. The molecule has 1 atom stereocenters. The van der Waals surface area contributed by atoms with Crippen molar-refractivity contribution in [3.63, 3.8) is 0 Å². The van der Waals surface area contributed by atoms with Crippen LogP contribution in [0, 0.1) is 0 Å². The Morgan fingerprint density at radius 2 is 2.00 bits per heavy atom. The van der Waals surface area contributed by atoms with Crippen molar-refractivity contribution in [1.82, 2.24) is 4.90 Å². The van der Waals surface area contributed by atoms with Gasteiger partial charge in [0.25, 0.3) is 0 Å². The average molecular weight is 247 g/mol. The van der Waals surface area contributed by atoms with Crippen LogP contribution >= 0.6 is 0 Å². The largest absolute Gasteiger partial charge is 0.386 e. The van der Waals surface area contributed by atoms with Gasteiger partial charge in [0.15, 0.2) is 0 Å². The zero-order chi connectivity index (χ0) is 13.2. The van der Waals surface area contributed by atoms with E-state index >= 15 is 0 Å². The second kappa shape index (κ2) is 5.41. The van der Waals surface area contributed by atoms with Gasteiger partial charge in [-0.25, -0.2) is 0 Å². The quantitative estimate of drug-likeness (QED) is 0.868. The van der Waals surface area contributed by atoms with E-state index in [9.17, 15) is 5.11 Å². The summed E-state index contributed by atoms with van der Waals surface area (Å²) in [5.74, 6) is 0.650. The predicted molar refractivity (Wildman–Crippen MR) is 75.8 cm³/mol. The van der Waals surface area contributed by atoms with E-state index in [0.717, 1.165) is 5.56 Å². The molecule has 1 N–H and O–H groups in total. The second-order valence-electron chi connectivity index (χ2n) is 6.12. The standard InChI is InChI=1S/C16H25NO/c1-16(2,18)15-8-4-6-14(12-15)13-7-5-10-17(3)11-9-13/h4,6,8,12-13,18H,5,7,9-11H2,1-3H3. The van der Waals surface area contributed by atoms with Crippen molar-refractivity contribution < 1.29 is 5.11 Å². The summed E-state index contributed by atoms with van der Waals surface area (Å²) in [7, 11) is 2.20. The Kier molecular flexibility index (Phi) is 4.08. The third-order valence-electron chi connectivity index (χ3n) is 4.02. The molecule has 2 rings (SSSR count). The molecule has 0 radical (unpaired) electrons. The molecule has 2 heteroatoms. The second-order valence-corrected chi connectivity index (χ2v) is 6.12. The van der Waals surface area contributed by atoms with E-state index in [4.69, 9.17) is 0 Å². The van der Waals surface area contributed by atoms with Crippen LogP contribution in [-0.4, -0.2) is 30.1 Å². The topological polar surface area (TPSA) is 23.5 Å². The number of nitrogens with zero attached hydrogens (tertiary/aromatic N) is 1. The van der Waals surface area contributed by atoms with Crippen LogP contribution in [0.15, 0.2) is 24.3 Å². The lowest BCUT2D eigenvalue weighted by molar-refractivity contribution is 0.0785. The molecule has 1 aliphatic rings. The molecule has 1 aromatic rings. The number of aliphatic hydroxyl groups is 1. The van der Waals surface area contributed by atoms with Crippen LogP contribution in [0.3, 0.4) is 0 Å². The van der Waals surface area contributed by atoms with Gasteiger partial charge < -0.3 is 10.0 Å². The first kappa shape index (κ1) is 13.6. The van der Waals surface area contributed by atoms with E-state index in [-0.39, 0.29) is 0 Å². The van der Waals surface area contributed by atoms with Crippen LogP contribution in [0.25, 0.3) is 0 Å². The Bertz CT molecular complexity index is 394. The molecule has 0 aromatic heterocycles. The molecule has 1 heterocycles. The third-order valence-corrected chi connectivity index (χ3v) is 4.02. The van der Waals surface area contributed by atoms with Crippen molar-refractivity contribution in [3.05, 3.63) is 35.4 Å². The number of benzene rings is 1. The minimum Gasteiger partial charge on any atom is -0.386 e. The predicted octanol–water partition coefficient (Wildman–Crippen LogP) is 3.11. The summed E-state index contributed by atoms with van der Waals surface area (Å²) in [6, 6.07) is 8.50.